The Hall–Kier alpha value is -4.12. The van der Waals surface area contributed by atoms with Crippen LogP contribution in [0.5, 0.6) is 5.75 Å². The van der Waals surface area contributed by atoms with Crippen LogP contribution in [-0.4, -0.2) is 31.4 Å². The summed E-state index contributed by atoms with van der Waals surface area (Å²) in [5.41, 5.74) is 5.77. The summed E-state index contributed by atoms with van der Waals surface area (Å²) < 4.78 is 34.2. The molecule has 2 heterocycles. The molecule has 0 unspecified atom stereocenters. The van der Waals surface area contributed by atoms with Gasteiger partial charge in [-0.05, 0) is 55.5 Å². The van der Waals surface area contributed by atoms with Crippen LogP contribution in [0, 0.1) is 0 Å². The van der Waals surface area contributed by atoms with Crippen LogP contribution in [0.1, 0.15) is 27.6 Å². The number of nitrogens with two attached hydrogens (primary N) is 1. The summed E-state index contributed by atoms with van der Waals surface area (Å²) in [5, 5.41) is 2.09. The van der Waals surface area contributed by atoms with Gasteiger partial charge in [-0.1, -0.05) is 0 Å². The lowest BCUT2D eigenvalue weighted by Gasteiger charge is -2.13. The maximum absolute atomic E-state index is 12.7. The molecule has 2 amide bonds. The minimum absolute atomic E-state index is 0.0455. The molecule has 10 nitrogen and oxygen atoms in total. The van der Waals surface area contributed by atoms with Gasteiger partial charge in [-0.2, -0.15) is 0 Å². The fraction of sp³-hybridized carbons (Fsp3) is 0.0952. The number of fused-ring (bicyclic) bond motifs is 1. The Morgan fingerprint density at radius 1 is 1.00 bits per heavy atom. The number of nitrogens with one attached hydrogen (secondary N) is 2. The highest BCUT2D eigenvalue weighted by atomic mass is 32.2. The second-order valence-corrected chi connectivity index (χ2v) is 8.51. The second kappa shape index (κ2) is 7.85. The van der Waals surface area contributed by atoms with Crippen LogP contribution < -0.4 is 26.1 Å². The van der Waals surface area contributed by atoms with E-state index >= 15 is 0 Å². The molecule has 0 saturated carbocycles. The Labute approximate surface area is 182 Å². The first-order chi connectivity index (χ1) is 15.2. The number of nitrogens with zero attached hydrogens (tertiary/aromatic N) is 1. The van der Waals surface area contributed by atoms with Crippen LogP contribution in [0.4, 0.5) is 11.5 Å². The summed E-state index contributed by atoms with van der Waals surface area (Å²) in [6, 6.07) is 12.8. The quantitative estimate of drug-likeness (QED) is 0.478. The number of carbonyl (C=O) groups excluding carboxylic acids is 2. The average Bonchev–Trinajstić information content (AvgIpc) is 3.03. The van der Waals surface area contributed by atoms with E-state index in [1.165, 1.54) is 24.3 Å². The molecule has 0 radical (unpaired) electrons. The Bertz CT molecular complexity index is 1390. The number of pyridine rings is 1. The first-order valence-corrected chi connectivity index (χ1v) is 11.0. The van der Waals surface area contributed by atoms with Gasteiger partial charge in [0.2, 0.25) is 0 Å². The van der Waals surface area contributed by atoms with E-state index in [2.05, 4.69) is 10.0 Å². The van der Waals surface area contributed by atoms with Gasteiger partial charge in [-0.3, -0.25) is 29.0 Å². The van der Waals surface area contributed by atoms with Crippen molar-refractivity contribution in [1.29, 1.82) is 0 Å². The third-order valence-electron chi connectivity index (χ3n) is 4.78. The van der Waals surface area contributed by atoms with Crippen molar-refractivity contribution in [2.75, 3.05) is 17.1 Å². The molecule has 3 aromatic rings. The summed E-state index contributed by atoms with van der Waals surface area (Å²) in [6.07, 6.45) is 0. The van der Waals surface area contributed by atoms with Gasteiger partial charge in [-0.15, -0.1) is 0 Å². The molecule has 0 fully saturated rings. The highest BCUT2D eigenvalue weighted by molar-refractivity contribution is 7.92. The first kappa shape index (κ1) is 21.1. The number of nitrogen functional groups attached to an aromatic ring is 1. The van der Waals surface area contributed by atoms with Gasteiger partial charge in [0.05, 0.1) is 28.3 Å². The van der Waals surface area contributed by atoms with Crippen LogP contribution >= 0.6 is 0 Å². The summed E-state index contributed by atoms with van der Waals surface area (Å²) >= 11 is 0. The number of imide groups is 1. The molecule has 4 N–H and O–H groups in total. The maximum atomic E-state index is 12.7. The zero-order valence-electron chi connectivity index (χ0n) is 16.8. The Balaban J connectivity index is 1.64. The largest absolute Gasteiger partial charge is 0.494 e. The third-order valence-corrected chi connectivity index (χ3v) is 6.17. The van der Waals surface area contributed by atoms with E-state index in [1.807, 2.05) is 6.92 Å². The van der Waals surface area contributed by atoms with Crippen molar-refractivity contribution < 1.29 is 22.7 Å². The number of carbonyl (C=O) groups is 2. The normalized spacial score (nSPS) is 12.9. The highest BCUT2D eigenvalue weighted by Gasteiger charge is 2.31. The molecule has 32 heavy (non-hydrogen) atoms. The van der Waals surface area contributed by atoms with Gasteiger partial charge in [0.15, 0.2) is 0 Å². The smallest absolute Gasteiger partial charge is 0.262 e. The predicted molar refractivity (Wildman–Crippen MR) is 117 cm³/mol. The minimum atomic E-state index is -3.90. The standard InChI is InChI=1S/C21H18N4O6S/c1-2-31-14-7-3-12(4-8-14)24-32(29,30)15-9-5-13(6-10-15)25-17(26)11-16-18(19(25)22)21(28)23-20(16)27/h3-11,24H,2,22H2,1H3,(H,23,27,28). The van der Waals surface area contributed by atoms with Crippen LogP contribution in [0.15, 0.2) is 64.3 Å². The summed E-state index contributed by atoms with van der Waals surface area (Å²) in [7, 11) is -3.90. The van der Waals surface area contributed by atoms with E-state index in [4.69, 9.17) is 10.5 Å². The number of benzene rings is 2. The highest BCUT2D eigenvalue weighted by Crippen LogP contribution is 2.24. The first-order valence-electron chi connectivity index (χ1n) is 9.48. The molecule has 0 saturated heterocycles. The number of hydrogen-bond acceptors (Lipinski definition) is 7. The van der Waals surface area contributed by atoms with Gasteiger partial charge in [0.1, 0.15) is 11.6 Å². The molecule has 4 rings (SSSR count). The number of aromatic nitrogens is 1. The molecule has 0 bridgehead atoms. The number of hydrogen-bond donors (Lipinski definition) is 3. The number of sulfonamides is 1. The molecule has 1 aromatic heterocycles. The van der Waals surface area contributed by atoms with Gasteiger partial charge < -0.3 is 10.5 Å². The molecule has 0 aliphatic carbocycles. The summed E-state index contributed by atoms with van der Waals surface area (Å²) in [4.78, 5) is 36.2. The van der Waals surface area contributed by atoms with E-state index in [-0.39, 0.29) is 27.5 Å². The van der Waals surface area contributed by atoms with Crippen LogP contribution in [-0.2, 0) is 10.0 Å². The number of anilines is 2. The van der Waals surface area contributed by atoms with Crippen molar-refractivity contribution in [3.8, 4) is 11.4 Å². The van der Waals surface area contributed by atoms with Crippen molar-refractivity contribution >= 4 is 33.3 Å². The SMILES string of the molecule is CCOc1ccc(NS(=O)(=O)c2ccc(-n3c(N)c4c(cc3=O)C(=O)NC4=O)cc2)cc1. The van der Waals surface area contributed by atoms with Crippen molar-refractivity contribution in [3.63, 3.8) is 0 Å². The monoisotopic (exact) mass is 454 g/mol. The van der Waals surface area contributed by atoms with Crippen LogP contribution in [0.2, 0.25) is 0 Å². The molecular weight excluding hydrogens is 436 g/mol. The van der Waals surface area contributed by atoms with Crippen LogP contribution in [0.25, 0.3) is 5.69 Å². The van der Waals surface area contributed by atoms with Gasteiger partial charge in [0, 0.05) is 11.8 Å². The van der Waals surface area contributed by atoms with Crippen molar-refractivity contribution in [1.82, 2.24) is 9.88 Å². The minimum Gasteiger partial charge on any atom is -0.494 e. The van der Waals surface area contributed by atoms with Crippen LogP contribution in [0.3, 0.4) is 0 Å². The molecule has 1 aliphatic heterocycles. The van der Waals surface area contributed by atoms with E-state index in [0.29, 0.717) is 18.0 Å². The Kier molecular flexibility index (Phi) is 5.18. The average molecular weight is 454 g/mol. The molecular formula is C21H18N4O6S. The zero-order valence-corrected chi connectivity index (χ0v) is 17.6. The fourth-order valence-corrected chi connectivity index (χ4v) is 4.38. The molecule has 0 spiro atoms. The van der Waals surface area contributed by atoms with Gasteiger partial charge in [0.25, 0.3) is 27.4 Å². The lowest BCUT2D eigenvalue weighted by molar-refractivity contribution is 0.0880. The number of rotatable bonds is 6. The van der Waals surface area contributed by atoms with Crippen molar-refractivity contribution in [3.05, 3.63) is 76.1 Å². The second-order valence-electron chi connectivity index (χ2n) is 6.83. The summed E-state index contributed by atoms with van der Waals surface area (Å²) in [5.74, 6) is -0.982. The summed E-state index contributed by atoms with van der Waals surface area (Å²) in [6.45, 7) is 2.34. The number of ether oxygens (including phenoxy) is 1. The van der Waals surface area contributed by atoms with E-state index < -0.39 is 27.4 Å². The molecule has 0 atom stereocenters. The lowest BCUT2D eigenvalue weighted by atomic mass is 10.1. The van der Waals surface area contributed by atoms with E-state index in [9.17, 15) is 22.8 Å². The van der Waals surface area contributed by atoms with E-state index in [0.717, 1.165) is 10.6 Å². The van der Waals surface area contributed by atoms with Crippen molar-refractivity contribution in [2.24, 2.45) is 0 Å². The predicted octanol–water partition coefficient (Wildman–Crippen LogP) is 1.50. The molecule has 2 aromatic carbocycles. The lowest BCUT2D eigenvalue weighted by Crippen LogP contribution is -2.24. The Morgan fingerprint density at radius 3 is 2.28 bits per heavy atom. The topological polar surface area (TPSA) is 150 Å². The molecule has 164 valence electrons. The number of amides is 2. The Morgan fingerprint density at radius 2 is 1.66 bits per heavy atom. The van der Waals surface area contributed by atoms with Gasteiger partial charge in [-0.25, -0.2) is 8.42 Å². The van der Waals surface area contributed by atoms with E-state index in [1.54, 1.807) is 24.3 Å². The zero-order chi connectivity index (χ0) is 23.0. The van der Waals surface area contributed by atoms with Crippen molar-refractivity contribution in [2.45, 2.75) is 11.8 Å². The maximum Gasteiger partial charge on any atom is 0.262 e. The third kappa shape index (κ3) is 3.69. The molecule has 1 aliphatic rings. The molecule has 11 heteroatoms. The van der Waals surface area contributed by atoms with Gasteiger partial charge >= 0.3 is 0 Å². The fourth-order valence-electron chi connectivity index (χ4n) is 3.32.